The van der Waals surface area contributed by atoms with Crippen LogP contribution < -0.4 is 5.32 Å². The van der Waals surface area contributed by atoms with E-state index in [2.05, 4.69) is 10.4 Å². The molecule has 3 rings (SSSR count). The largest absolute Gasteiger partial charge is 0.347 e. The van der Waals surface area contributed by atoms with E-state index in [4.69, 9.17) is 0 Å². The van der Waals surface area contributed by atoms with E-state index in [1.54, 1.807) is 6.20 Å². The molecule has 1 aliphatic heterocycles. The van der Waals surface area contributed by atoms with Crippen molar-refractivity contribution in [2.45, 2.75) is 39.3 Å². The number of aryl methyl sites for hydroxylation is 1. The van der Waals surface area contributed by atoms with Crippen LogP contribution in [0.2, 0.25) is 0 Å². The Morgan fingerprint density at radius 1 is 1.46 bits per heavy atom. The van der Waals surface area contributed by atoms with Crippen molar-refractivity contribution >= 4 is 23.2 Å². The molecule has 24 heavy (non-hydrogen) atoms. The Hall–Kier alpha value is -2.15. The van der Waals surface area contributed by atoms with Crippen molar-refractivity contribution in [1.82, 2.24) is 20.0 Å². The van der Waals surface area contributed by atoms with Crippen LogP contribution in [0.5, 0.6) is 0 Å². The van der Waals surface area contributed by atoms with Gasteiger partial charge in [0.25, 0.3) is 11.8 Å². The van der Waals surface area contributed by atoms with E-state index in [0.29, 0.717) is 12.1 Å². The molecule has 6 nitrogen and oxygen atoms in total. The average Bonchev–Trinajstić information content (AvgIpc) is 3.24. The smallest absolute Gasteiger partial charge is 0.263 e. The highest BCUT2D eigenvalue weighted by atomic mass is 32.1. The van der Waals surface area contributed by atoms with Gasteiger partial charge in [0, 0.05) is 31.4 Å². The molecule has 7 heteroatoms. The number of carbonyl (C=O) groups excluding carboxylic acids is 2. The summed E-state index contributed by atoms with van der Waals surface area (Å²) in [4.78, 5) is 27.6. The molecule has 2 aromatic rings. The van der Waals surface area contributed by atoms with Gasteiger partial charge in [-0.2, -0.15) is 5.10 Å². The maximum atomic E-state index is 12.5. The van der Waals surface area contributed by atoms with Gasteiger partial charge in [-0.25, -0.2) is 0 Å². The molecule has 0 radical (unpaired) electrons. The minimum Gasteiger partial charge on any atom is -0.347 e. The molecule has 0 unspecified atom stereocenters. The number of hydrogen-bond acceptors (Lipinski definition) is 4. The first-order valence-electron chi connectivity index (χ1n) is 8.26. The maximum Gasteiger partial charge on any atom is 0.263 e. The fraction of sp³-hybridized carbons (Fsp3) is 0.471. The zero-order chi connectivity index (χ0) is 17.1. The molecule has 0 bridgehead atoms. The predicted molar refractivity (Wildman–Crippen MR) is 93.3 cm³/mol. The zero-order valence-electron chi connectivity index (χ0n) is 14.0. The highest BCUT2D eigenvalue weighted by Crippen LogP contribution is 2.17. The molecule has 1 fully saturated rings. The van der Waals surface area contributed by atoms with Crippen LogP contribution in [0.25, 0.3) is 0 Å². The molecule has 128 valence electrons. The number of nitrogens with zero attached hydrogens (tertiary/aromatic N) is 3. The summed E-state index contributed by atoms with van der Waals surface area (Å²) in [6.07, 6.45) is 3.40. The Kier molecular flexibility index (Phi) is 4.99. The summed E-state index contributed by atoms with van der Waals surface area (Å²) < 4.78 is 1.81. The van der Waals surface area contributed by atoms with Gasteiger partial charge in [0.2, 0.25) is 0 Å². The second-order valence-corrected chi connectivity index (χ2v) is 6.95. The monoisotopic (exact) mass is 346 g/mol. The molecule has 0 aromatic carbocycles. The van der Waals surface area contributed by atoms with Gasteiger partial charge >= 0.3 is 0 Å². The van der Waals surface area contributed by atoms with E-state index >= 15 is 0 Å². The van der Waals surface area contributed by atoms with Crippen LogP contribution >= 0.6 is 11.3 Å². The number of hydrogen-bond donors (Lipinski definition) is 1. The van der Waals surface area contributed by atoms with E-state index in [0.717, 1.165) is 36.5 Å². The van der Waals surface area contributed by atoms with Gasteiger partial charge in [-0.1, -0.05) is 6.07 Å². The summed E-state index contributed by atoms with van der Waals surface area (Å²) in [5.41, 5.74) is 1.48. The van der Waals surface area contributed by atoms with Gasteiger partial charge in [0.15, 0.2) is 0 Å². The molecule has 0 spiro atoms. The van der Waals surface area contributed by atoms with Gasteiger partial charge in [-0.05, 0) is 38.1 Å². The maximum absolute atomic E-state index is 12.5. The molecule has 1 aliphatic rings. The molecule has 1 N–H and O–H groups in total. The summed E-state index contributed by atoms with van der Waals surface area (Å²) in [5.74, 6) is -0.0541. The molecule has 3 heterocycles. The Morgan fingerprint density at radius 2 is 2.29 bits per heavy atom. The van der Waals surface area contributed by atoms with Crippen molar-refractivity contribution in [2.24, 2.45) is 0 Å². The second kappa shape index (κ2) is 7.17. The molecular weight excluding hydrogens is 324 g/mol. The van der Waals surface area contributed by atoms with Gasteiger partial charge in [0.05, 0.1) is 16.6 Å². The van der Waals surface area contributed by atoms with Crippen molar-refractivity contribution in [3.63, 3.8) is 0 Å². The highest BCUT2D eigenvalue weighted by molar-refractivity contribution is 7.12. The summed E-state index contributed by atoms with van der Waals surface area (Å²) >= 11 is 1.45. The average molecular weight is 346 g/mol. The number of piperidine rings is 1. The second-order valence-electron chi connectivity index (χ2n) is 6.00. The molecule has 2 amide bonds. The van der Waals surface area contributed by atoms with Crippen LogP contribution in [0, 0.1) is 6.92 Å². The normalized spacial score (nSPS) is 17.8. The summed E-state index contributed by atoms with van der Waals surface area (Å²) in [5, 5.41) is 9.19. The summed E-state index contributed by atoms with van der Waals surface area (Å²) in [6, 6.07) is 3.71. The van der Waals surface area contributed by atoms with Crippen LogP contribution in [0.1, 0.15) is 45.5 Å². The van der Waals surface area contributed by atoms with Crippen molar-refractivity contribution < 1.29 is 9.59 Å². The van der Waals surface area contributed by atoms with Gasteiger partial charge in [-0.3, -0.25) is 14.3 Å². The Labute approximate surface area is 145 Å². The summed E-state index contributed by atoms with van der Waals surface area (Å²) in [6.45, 7) is 5.95. The Balaban J connectivity index is 1.63. The predicted octanol–water partition coefficient (Wildman–Crippen LogP) is 2.31. The fourth-order valence-corrected chi connectivity index (χ4v) is 3.78. The van der Waals surface area contributed by atoms with Crippen LogP contribution in [-0.4, -0.2) is 45.6 Å². The fourth-order valence-electron chi connectivity index (χ4n) is 3.09. The number of nitrogens with one attached hydrogen (secondary N) is 1. The molecular formula is C17H22N4O2S. The van der Waals surface area contributed by atoms with Crippen molar-refractivity contribution in [3.05, 3.63) is 39.8 Å². The van der Waals surface area contributed by atoms with Crippen LogP contribution in [0.3, 0.4) is 0 Å². The van der Waals surface area contributed by atoms with Crippen molar-refractivity contribution in [1.29, 1.82) is 0 Å². The SMILES string of the molecule is CCn1ncc(C(=O)N[C@H]2CCCN(C(=O)c3cccs3)C2)c1C. The van der Waals surface area contributed by atoms with Gasteiger partial charge in [-0.15, -0.1) is 11.3 Å². The number of rotatable bonds is 4. The number of likely N-dealkylation sites (tertiary alicyclic amines) is 1. The minimum absolute atomic E-state index is 0.0143. The van der Waals surface area contributed by atoms with Crippen molar-refractivity contribution in [3.8, 4) is 0 Å². The first-order valence-corrected chi connectivity index (χ1v) is 9.14. The molecule has 2 aromatic heterocycles. The van der Waals surface area contributed by atoms with Crippen molar-refractivity contribution in [2.75, 3.05) is 13.1 Å². The standard InChI is InChI=1S/C17H22N4O2S/c1-3-21-12(2)14(10-18-21)16(22)19-13-6-4-8-20(11-13)17(23)15-7-5-9-24-15/h5,7,9-10,13H,3-4,6,8,11H2,1-2H3,(H,19,22)/t13-/m0/s1. The third kappa shape index (κ3) is 3.36. The Morgan fingerprint density at radius 3 is 2.96 bits per heavy atom. The van der Waals surface area contributed by atoms with E-state index < -0.39 is 0 Å². The van der Waals surface area contributed by atoms with E-state index in [-0.39, 0.29) is 17.9 Å². The molecule has 1 atom stereocenters. The zero-order valence-corrected chi connectivity index (χ0v) is 14.8. The lowest BCUT2D eigenvalue weighted by atomic mass is 10.0. The molecule has 0 aliphatic carbocycles. The lowest BCUT2D eigenvalue weighted by Gasteiger charge is -2.33. The van der Waals surface area contributed by atoms with Gasteiger partial charge in [0.1, 0.15) is 0 Å². The molecule has 1 saturated heterocycles. The lowest BCUT2D eigenvalue weighted by Crippen LogP contribution is -2.49. The number of amides is 2. The number of carbonyl (C=O) groups is 2. The quantitative estimate of drug-likeness (QED) is 0.924. The first kappa shape index (κ1) is 16.7. The highest BCUT2D eigenvalue weighted by Gasteiger charge is 2.27. The molecule has 0 saturated carbocycles. The van der Waals surface area contributed by atoms with Crippen LogP contribution in [-0.2, 0) is 6.54 Å². The summed E-state index contributed by atoms with van der Waals surface area (Å²) in [7, 11) is 0. The third-order valence-electron chi connectivity index (χ3n) is 4.42. The Bertz CT molecular complexity index is 723. The van der Waals surface area contributed by atoms with E-state index in [9.17, 15) is 9.59 Å². The lowest BCUT2D eigenvalue weighted by molar-refractivity contribution is 0.0680. The third-order valence-corrected chi connectivity index (χ3v) is 5.28. The van der Waals surface area contributed by atoms with Crippen LogP contribution in [0.15, 0.2) is 23.7 Å². The topological polar surface area (TPSA) is 67.2 Å². The van der Waals surface area contributed by atoms with Gasteiger partial charge < -0.3 is 10.2 Å². The minimum atomic E-state index is -0.109. The van der Waals surface area contributed by atoms with E-state index in [1.165, 1.54) is 11.3 Å². The van der Waals surface area contributed by atoms with Crippen LogP contribution in [0.4, 0.5) is 0 Å². The van der Waals surface area contributed by atoms with E-state index in [1.807, 2.05) is 40.9 Å². The number of aromatic nitrogens is 2. The first-order chi connectivity index (χ1) is 11.6. The number of thiophene rings is 1.